The van der Waals surface area contributed by atoms with Gasteiger partial charge in [0.2, 0.25) is 5.89 Å². The van der Waals surface area contributed by atoms with Crippen LogP contribution in [0.15, 0.2) is 101 Å². The highest BCUT2D eigenvalue weighted by Gasteiger charge is 2.43. The highest BCUT2D eigenvalue weighted by Crippen LogP contribution is 2.43. The van der Waals surface area contributed by atoms with Crippen LogP contribution < -0.4 is 0 Å². The third kappa shape index (κ3) is 4.14. The molecule has 0 N–H and O–H groups in total. The van der Waals surface area contributed by atoms with E-state index in [4.69, 9.17) is 14.5 Å². The van der Waals surface area contributed by atoms with Gasteiger partial charge in [0.25, 0.3) is 0 Å². The minimum Gasteiger partial charge on any atom is -0.344 e. The van der Waals surface area contributed by atoms with E-state index in [0.29, 0.717) is 12.4 Å². The first-order valence-corrected chi connectivity index (χ1v) is 12.1. The number of hydrogen-bond acceptors (Lipinski definition) is 5. The van der Waals surface area contributed by atoms with Gasteiger partial charge < -0.3 is 9.42 Å². The zero-order valence-corrected chi connectivity index (χ0v) is 19.5. The predicted octanol–water partition coefficient (Wildman–Crippen LogP) is 5.83. The molecule has 1 atom stereocenters. The maximum Gasteiger partial charge on any atom is 0.233 e. The first-order chi connectivity index (χ1) is 16.8. The van der Waals surface area contributed by atoms with Crippen molar-refractivity contribution in [1.82, 2.24) is 15.0 Å². The number of hydrogen-bond donors (Lipinski definition) is 0. The van der Waals surface area contributed by atoms with E-state index in [1.807, 2.05) is 6.34 Å². The summed E-state index contributed by atoms with van der Waals surface area (Å²) in [7, 11) is 0. The molecule has 4 aromatic rings. The molecule has 0 radical (unpaired) electrons. The molecule has 1 unspecified atom stereocenters. The van der Waals surface area contributed by atoms with Gasteiger partial charge in [-0.3, -0.25) is 4.99 Å². The Morgan fingerprint density at radius 1 is 0.853 bits per heavy atom. The number of nitrogens with zero attached hydrogens (tertiary/aromatic N) is 4. The van der Waals surface area contributed by atoms with Crippen LogP contribution in [-0.4, -0.2) is 34.5 Å². The van der Waals surface area contributed by atoms with Crippen LogP contribution in [0.2, 0.25) is 0 Å². The van der Waals surface area contributed by atoms with Crippen molar-refractivity contribution in [3.63, 3.8) is 0 Å². The molecule has 0 amide bonds. The number of aryl methyl sites for hydroxylation is 1. The van der Waals surface area contributed by atoms with Gasteiger partial charge in [0.05, 0.1) is 18.8 Å². The van der Waals surface area contributed by atoms with Crippen LogP contribution in [0, 0.1) is 0 Å². The molecule has 1 aliphatic rings. The fourth-order valence-electron chi connectivity index (χ4n) is 4.90. The molecule has 3 aromatic carbocycles. The van der Waals surface area contributed by atoms with Crippen molar-refractivity contribution in [2.45, 2.75) is 37.6 Å². The largest absolute Gasteiger partial charge is 0.344 e. The lowest BCUT2D eigenvalue weighted by Gasteiger charge is -2.46. The normalized spacial score (nSPS) is 16.0. The maximum atomic E-state index is 5.72. The molecule has 2 heterocycles. The van der Waals surface area contributed by atoms with Crippen molar-refractivity contribution < 1.29 is 4.52 Å². The summed E-state index contributed by atoms with van der Waals surface area (Å²) in [6.07, 6.45) is 5.02. The SMILES string of the molecule is CCCCc1noc(C2CN=CN(C(c3ccccc3)(c3ccccc3)c3ccccc3)C2)n1. The molecule has 0 saturated carbocycles. The molecule has 1 aliphatic heterocycles. The second kappa shape index (κ2) is 10.0. The lowest BCUT2D eigenvalue weighted by molar-refractivity contribution is 0.228. The van der Waals surface area contributed by atoms with Crippen LogP contribution in [0.4, 0.5) is 0 Å². The number of unbranched alkanes of at least 4 members (excludes halogenated alkanes) is 1. The van der Waals surface area contributed by atoms with Crippen molar-refractivity contribution >= 4 is 6.34 Å². The molecule has 5 nitrogen and oxygen atoms in total. The molecule has 0 fully saturated rings. The molecule has 0 aliphatic carbocycles. The second-order valence-corrected chi connectivity index (χ2v) is 8.79. The van der Waals surface area contributed by atoms with E-state index >= 15 is 0 Å². The molecule has 5 rings (SSSR count). The lowest BCUT2D eigenvalue weighted by atomic mass is 9.75. The van der Waals surface area contributed by atoms with Crippen molar-refractivity contribution in [2.75, 3.05) is 13.1 Å². The molecule has 0 bridgehead atoms. The molecular weight excluding hydrogens is 420 g/mol. The molecule has 34 heavy (non-hydrogen) atoms. The van der Waals surface area contributed by atoms with Gasteiger partial charge in [-0.1, -0.05) is 109 Å². The Bertz CT molecular complexity index is 1110. The van der Waals surface area contributed by atoms with E-state index in [0.717, 1.165) is 31.6 Å². The van der Waals surface area contributed by atoms with Crippen LogP contribution in [0.1, 0.15) is 54.1 Å². The number of aliphatic imine (C=N–C) groups is 1. The van der Waals surface area contributed by atoms with Gasteiger partial charge in [-0.05, 0) is 23.1 Å². The average molecular weight is 451 g/mol. The summed E-state index contributed by atoms with van der Waals surface area (Å²) in [5, 5.41) is 4.23. The van der Waals surface area contributed by atoms with Gasteiger partial charge >= 0.3 is 0 Å². The maximum absolute atomic E-state index is 5.72. The Labute approximate surface area is 201 Å². The molecule has 1 aromatic heterocycles. The van der Waals surface area contributed by atoms with E-state index in [-0.39, 0.29) is 5.92 Å². The van der Waals surface area contributed by atoms with Crippen LogP contribution in [-0.2, 0) is 12.0 Å². The van der Waals surface area contributed by atoms with Crippen molar-refractivity contribution in [3.05, 3.63) is 119 Å². The van der Waals surface area contributed by atoms with Crippen LogP contribution in [0.5, 0.6) is 0 Å². The lowest BCUT2D eigenvalue weighted by Crippen LogP contribution is -2.50. The Balaban J connectivity index is 1.61. The summed E-state index contributed by atoms with van der Waals surface area (Å²) in [6.45, 7) is 3.53. The Hall–Kier alpha value is -3.73. The van der Waals surface area contributed by atoms with Gasteiger partial charge in [0.1, 0.15) is 5.54 Å². The summed E-state index contributed by atoms with van der Waals surface area (Å²) >= 11 is 0. The monoisotopic (exact) mass is 450 g/mol. The zero-order chi connectivity index (χ0) is 23.2. The highest BCUT2D eigenvalue weighted by molar-refractivity contribution is 5.64. The van der Waals surface area contributed by atoms with Gasteiger partial charge in [-0.2, -0.15) is 4.98 Å². The summed E-state index contributed by atoms with van der Waals surface area (Å²) in [5.41, 5.74) is 3.02. The smallest absolute Gasteiger partial charge is 0.233 e. The zero-order valence-electron chi connectivity index (χ0n) is 19.5. The summed E-state index contributed by atoms with van der Waals surface area (Å²) in [4.78, 5) is 11.9. The van der Waals surface area contributed by atoms with E-state index in [2.05, 4.69) is 108 Å². The average Bonchev–Trinajstić information content (AvgIpc) is 3.39. The summed E-state index contributed by atoms with van der Waals surface area (Å²) < 4.78 is 5.72. The summed E-state index contributed by atoms with van der Waals surface area (Å²) in [5.74, 6) is 1.50. The van der Waals surface area contributed by atoms with Crippen LogP contribution in [0.3, 0.4) is 0 Å². The van der Waals surface area contributed by atoms with Crippen molar-refractivity contribution in [3.8, 4) is 0 Å². The van der Waals surface area contributed by atoms with E-state index in [9.17, 15) is 0 Å². The molecule has 172 valence electrons. The Morgan fingerprint density at radius 3 is 1.94 bits per heavy atom. The quantitative estimate of drug-likeness (QED) is 0.317. The van der Waals surface area contributed by atoms with Crippen LogP contribution in [0.25, 0.3) is 0 Å². The predicted molar refractivity (Wildman–Crippen MR) is 135 cm³/mol. The highest BCUT2D eigenvalue weighted by atomic mass is 16.5. The van der Waals surface area contributed by atoms with Gasteiger partial charge in [-0.25, -0.2) is 0 Å². The second-order valence-electron chi connectivity index (χ2n) is 8.79. The summed E-state index contributed by atoms with van der Waals surface area (Å²) in [6, 6.07) is 32.0. The Kier molecular flexibility index (Phi) is 6.52. The molecular formula is C29H30N4O. The third-order valence-electron chi connectivity index (χ3n) is 6.56. The minimum atomic E-state index is -0.545. The first-order valence-electron chi connectivity index (χ1n) is 12.1. The van der Waals surface area contributed by atoms with Crippen molar-refractivity contribution in [1.29, 1.82) is 0 Å². The first kappa shape index (κ1) is 22.1. The number of rotatable bonds is 8. The van der Waals surface area contributed by atoms with Gasteiger partial charge in [-0.15, -0.1) is 0 Å². The Morgan fingerprint density at radius 2 is 1.41 bits per heavy atom. The fourth-order valence-corrected chi connectivity index (χ4v) is 4.90. The standard InChI is InChI=1S/C29H30N4O/c1-2-3-19-27-31-28(34-32-27)23-20-30-22-33(21-23)29(24-13-7-4-8-14-24,25-15-9-5-10-16-25)26-17-11-6-12-18-26/h4-18,22-23H,2-3,19-21H2,1H3. The van der Waals surface area contributed by atoms with Gasteiger partial charge in [0.15, 0.2) is 5.82 Å². The van der Waals surface area contributed by atoms with Crippen LogP contribution >= 0.6 is 0 Å². The van der Waals surface area contributed by atoms with E-state index in [1.165, 1.54) is 16.7 Å². The number of benzene rings is 3. The van der Waals surface area contributed by atoms with E-state index < -0.39 is 5.54 Å². The topological polar surface area (TPSA) is 54.5 Å². The van der Waals surface area contributed by atoms with Crippen molar-refractivity contribution in [2.24, 2.45) is 4.99 Å². The molecule has 5 heteroatoms. The fraction of sp³-hybridized carbons (Fsp3) is 0.276. The third-order valence-corrected chi connectivity index (χ3v) is 6.56. The molecule has 0 spiro atoms. The number of aromatic nitrogens is 2. The minimum absolute atomic E-state index is 0.0309. The van der Waals surface area contributed by atoms with E-state index in [1.54, 1.807) is 0 Å². The van der Waals surface area contributed by atoms with Gasteiger partial charge in [0, 0.05) is 13.0 Å². The molecule has 0 saturated heterocycles.